The fourth-order valence-electron chi connectivity index (χ4n) is 1.34. The molecule has 0 radical (unpaired) electrons. The maximum Gasteiger partial charge on any atom is 0.254 e. The Balaban J connectivity index is 1.79. The molecule has 82 valence electrons. The molecule has 0 atom stereocenters. The number of rotatable bonds is 4. The Bertz CT molecular complexity index is 438. The Kier molecular flexibility index (Phi) is 3.28. The van der Waals surface area contributed by atoms with Crippen LogP contribution in [0.2, 0.25) is 0 Å². The summed E-state index contributed by atoms with van der Waals surface area (Å²) in [6.07, 6.45) is 7.37. The van der Waals surface area contributed by atoms with Gasteiger partial charge in [0, 0.05) is 25.1 Å². The Morgan fingerprint density at radius 1 is 1.44 bits per heavy atom. The number of hydrogen-bond donors (Lipinski definition) is 2. The van der Waals surface area contributed by atoms with E-state index in [-0.39, 0.29) is 5.91 Å². The molecule has 0 fully saturated rings. The van der Waals surface area contributed by atoms with E-state index in [1.807, 2.05) is 12.1 Å². The molecule has 0 aromatic carbocycles. The van der Waals surface area contributed by atoms with E-state index in [0.29, 0.717) is 12.1 Å². The third kappa shape index (κ3) is 2.66. The molecule has 5 heteroatoms. The average molecular weight is 216 g/mol. The van der Waals surface area contributed by atoms with E-state index < -0.39 is 0 Å². The van der Waals surface area contributed by atoms with Crippen molar-refractivity contribution < 1.29 is 4.79 Å². The quantitative estimate of drug-likeness (QED) is 0.793. The number of aromatic amines is 1. The molecule has 2 rings (SSSR count). The molecule has 2 aromatic heterocycles. The van der Waals surface area contributed by atoms with Crippen LogP contribution in [-0.4, -0.2) is 27.6 Å². The van der Waals surface area contributed by atoms with Gasteiger partial charge in [0.1, 0.15) is 0 Å². The Hall–Kier alpha value is -2.17. The van der Waals surface area contributed by atoms with Gasteiger partial charge in [-0.2, -0.15) is 5.10 Å². The first-order chi connectivity index (χ1) is 7.86. The van der Waals surface area contributed by atoms with E-state index in [1.165, 1.54) is 6.20 Å². The lowest BCUT2D eigenvalue weighted by molar-refractivity contribution is 0.0954. The predicted molar refractivity (Wildman–Crippen MR) is 58.9 cm³/mol. The molecule has 5 nitrogen and oxygen atoms in total. The maximum absolute atomic E-state index is 11.5. The summed E-state index contributed by atoms with van der Waals surface area (Å²) >= 11 is 0. The minimum Gasteiger partial charge on any atom is -0.352 e. The highest BCUT2D eigenvalue weighted by Gasteiger charge is 2.04. The van der Waals surface area contributed by atoms with Crippen molar-refractivity contribution in [3.8, 4) is 0 Å². The summed E-state index contributed by atoms with van der Waals surface area (Å²) in [6, 6.07) is 3.87. The number of nitrogens with one attached hydrogen (secondary N) is 2. The molecule has 0 spiro atoms. The van der Waals surface area contributed by atoms with Crippen molar-refractivity contribution in [2.45, 2.75) is 6.42 Å². The van der Waals surface area contributed by atoms with Crippen LogP contribution in [0, 0.1) is 0 Å². The van der Waals surface area contributed by atoms with Gasteiger partial charge in [-0.3, -0.25) is 14.9 Å². The van der Waals surface area contributed by atoms with E-state index in [0.717, 1.165) is 12.0 Å². The summed E-state index contributed by atoms with van der Waals surface area (Å²) < 4.78 is 0. The number of carbonyl (C=O) groups excluding carboxylic acids is 1. The first-order valence-electron chi connectivity index (χ1n) is 5.02. The van der Waals surface area contributed by atoms with Crippen molar-refractivity contribution >= 4 is 5.91 Å². The van der Waals surface area contributed by atoms with E-state index in [1.54, 1.807) is 18.6 Å². The molecule has 0 unspecified atom stereocenters. The molecule has 2 N–H and O–H groups in total. The normalized spacial score (nSPS) is 10.0. The molecule has 2 heterocycles. The van der Waals surface area contributed by atoms with Crippen LogP contribution in [0.5, 0.6) is 0 Å². The maximum atomic E-state index is 11.5. The lowest BCUT2D eigenvalue weighted by Gasteiger charge is -2.02. The van der Waals surface area contributed by atoms with Crippen LogP contribution < -0.4 is 5.32 Å². The van der Waals surface area contributed by atoms with Gasteiger partial charge >= 0.3 is 0 Å². The summed E-state index contributed by atoms with van der Waals surface area (Å²) in [7, 11) is 0. The zero-order chi connectivity index (χ0) is 11.2. The average Bonchev–Trinajstić information content (AvgIpc) is 2.84. The molecule has 0 saturated carbocycles. The van der Waals surface area contributed by atoms with Crippen molar-refractivity contribution in [2.24, 2.45) is 0 Å². The van der Waals surface area contributed by atoms with Crippen molar-refractivity contribution in [2.75, 3.05) is 6.54 Å². The summed E-state index contributed by atoms with van der Waals surface area (Å²) in [5.74, 6) is -0.113. The molecule has 0 saturated heterocycles. The van der Waals surface area contributed by atoms with E-state index in [2.05, 4.69) is 20.5 Å². The van der Waals surface area contributed by atoms with E-state index >= 15 is 0 Å². The number of aromatic nitrogens is 3. The van der Waals surface area contributed by atoms with Crippen LogP contribution >= 0.6 is 0 Å². The standard InChI is InChI=1S/C11H12N4O/c16-11(10-7-14-15-8-10)13-5-3-9-2-1-4-12-6-9/h1-2,4,6-8H,3,5H2,(H,13,16)(H,14,15). The van der Waals surface area contributed by atoms with Crippen molar-refractivity contribution in [3.63, 3.8) is 0 Å². The van der Waals surface area contributed by atoms with Crippen molar-refractivity contribution in [1.29, 1.82) is 0 Å². The molecular formula is C11H12N4O. The highest BCUT2D eigenvalue weighted by Crippen LogP contribution is 1.97. The number of pyridine rings is 1. The van der Waals surface area contributed by atoms with Crippen LogP contribution in [0.3, 0.4) is 0 Å². The van der Waals surface area contributed by atoms with Gasteiger partial charge in [-0.25, -0.2) is 0 Å². The van der Waals surface area contributed by atoms with Crippen LogP contribution in [0.1, 0.15) is 15.9 Å². The lowest BCUT2D eigenvalue weighted by Crippen LogP contribution is -2.25. The van der Waals surface area contributed by atoms with Crippen LogP contribution in [0.25, 0.3) is 0 Å². The largest absolute Gasteiger partial charge is 0.352 e. The van der Waals surface area contributed by atoms with Crippen LogP contribution in [0.4, 0.5) is 0 Å². The number of carbonyl (C=O) groups is 1. The summed E-state index contributed by atoms with van der Waals surface area (Å²) in [6.45, 7) is 0.593. The van der Waals surface area contributed by atoms with Crippen LogP contribution in [0.15, 0.2) is 36.9 Å². The highest BCUT2D eigenvalue weighted by atomic mass is 16.1. The molecule has 0 aliphatic carbocycles. The molecule has 2 aromatic rings. The highest BCUT2D eigenvalue weighted by molar-refractivity contribution is 5.93. The summed E-state index contributed by atoms with van der Waals surface area (Å²) in [5.41, 5.74) is 1.65. The molecule has 16 heavy (non-hydrogen) atoms. The summed E-state index contributed by atoms with van der Waals surface area (Å²) in [5, 5.41) is 9.12. The number of amides is 1. The number of nitrogens with zero attached hydrogens (tertiary/aromatic N) is 2. The minimum absolute atomic E-state index is 0.113. The number of H-pyrrole nitrogens is 1. The van der Waals surface area contributed by atoms with Gasteiger partial charge in [-0.1, -0.05) is 6.07 Å². The Morgan fingerprint density at radius 2 is 2.38 bits per heavy atom. The van der Waals surface area contributed by atoms with Crippen LogP contribution in [-0.2, 0) is 6.42 Å². The first kappa shape index (κ1) is 10.4. The van der Waals surface area contributed by atoms with Gasteiger partial charge in [0.05, 0.1) is 11.8 Å². The lowest BCUT2D eigenvalue weighted by atomic mass is 10.2. The fraction of sp³-hybridized carbons (Fsp3) is 0.182. The van der Waals surface area contributed by atoms with Gasteiger partial charge in [0.15, 0.2) is 0 Å². The Morgan fingerprint density at radius 3 is 3.06 bits per heavy atom. The predicted octanol–water partition coefficient (Wildman–Crippen LogP) is 0.777. The summed E-state index contributed by atoms with van der Waals surface area (Å²) in [4.78, 5) is 15.5. The fourth-order valence-corrected chi connectivity index (χ4v) is 1.34. The van der Waals surface area contributed by atoms with E-state index in [4.69, 9.17) is 0 Å². The first-order valence-corrected chi connectivity index (χ1v) is 5.02. The third-order valence-corrected chi connectivity index (χ3v) is 2.18. The molecule has 0 aliphatic rings. The topological polar surface area (TPSA) is 70.7 Å². The molecule has 1 amide bonds. The van der Waals surface area contributed by atoms with E-state index in [9.17, 15) is 4.79 Å². The molecule has 0 aliphatic heterocycles. The second-order valence-electron chi connectivity index (χ2n) is 3.35. The minimum atomic E-state index is -0.113. The van der Waals surface area contributed by atoms with Gasteiger partial charge in [-0.15, -0.1) is 0 Å². The van der Waals surface area contributed by atoms with Gasteiger partial charge in [0.2, 0.25) is 0 Å². The molecular weight excluding hydrogens is 204 g/mol. The van der Waals surface area contributed by atoms with Crippen molar-refractivity contribution in [1.82, 2.24) is 20.5 Å². The number of hydrogen-bond acceptors (Lipinski definition) is 3. The van der Waals surface area contributed by atoms with Gasteiger partial charge < -0.3 is 5.32 Å². The molecule has 0 bridgehead atoms. The van der Waals surface area contributed by atoms with Gasteiger partial charge in [-0.05, 0) is 18.1 Å². The van der Waals surface area contributed by atoms with Gasteiger partial charge in [0.25, 0.3) is 5.91 Å². The van der Waals surface area contributed by atoms with Crippen molar-refractivity contribution in [3.05, 3.63) is 48.0 Å². The smallest absolute Gasteiger partial charge is 0.254 e. The Labute approximate surface area is 92.9 Å². The second-order valence-corrected chi connectivity index (χ2v) is 3.35. The third-order valence-electron chi connectivity index (χ3n) is 2.18. The second kappa shape index (κ2) is 5.06. The zero-order valence-electron chi connectivity index (χ0n) is 8.68. The SMILES string of the molecule is O=C(NCCc1cccnc1)c1cn[nH]c1. The monoisotopic (exact) mass is 216 g/mol. The zero-order valence-corrected chi connectivity index (χ0v) is 8.68.